The Morgan fingerprint density at radius 3 is 2.53 bits per heavy atom. The minimum absolute atomic E-state index is 0.0735. The zero-order valence-electron chi connectivity index (χ0n) is 19.9. The van der Waals surface area contributed by atoms with Crippen molar-refractivity contribution in [2.45, 2.75) is 55.5 Å². The molecule has 0 spiro atoms. The third kappa shape index (κ3) is 6.13. The number of amides is 1. The van der Waals surface area contributed by atoms with E-state index in [0.29, 0.717) is 6.07 Å². The van der Waals surface area contributed by atoms with Crippen molar-refractivity contribution in [2.75, 3.05) is 22.7 Å². The minimum atomic E-state index is -4.37. The third-order valence-electron chi connectivity index (χ3n) is 5.30. The molecule has 9 nitrogen and oxygen atoms in total. The maximum atomic E-state index is 13.9. The summed E-state index contributed by atoms with van der Waals surface area (Å²) >= 11 is 0. The SMILES string of the molecule is CC(C)(C)OC(=O)Nc1ccc2c(c1)N(S(=O)(=O)c1ccc(F)c(F)c1)C[C@H](CNS(=O)C1CC1)O2. The first-order chi connectivity index (χ1) is 16.8. The lowest BCUT2D eigenvalue weighted by Crippen LogP contribution is -2.48. The third-order valence-corrected chi connectivity index (χ3v) is 8.60. The van der Waals surface area contributed by atoms with Crippen molar-refractivity contribution in [3.8, 4) is 5.75 Å². The second-order valence-corrected chi connectivity index (χ2v) is 12.9. The second kappa shape index (κ2) is 9.94. The molecule has 2 aromatic rings. The van der Waals surface area contributed by atoms with Gasteiger partial charge in [-0.1, -0.05) is 0 Å². The summed E-state index contributed by atoms with van der Waals surface area (Å²) in [6, 6.07) is 6.72. The summed E-state index contributed by atoms with van der Waals surface area (Å²) in [6.07, 6.45) is 0.263. The van der Waals surface area contributed by atoms with E-state index in [2.05, 4.69) is 10.0 Å². The molecule has 1 amide bonds. The molecule has 2 aliphatic rings. The number of ether oxygens (including phenoxy) is 2. The highest BCUT2D eigenvalue weighted by Crippen LogP contribution is 2.39. The summed E-state index contributed by atoms with van der Waals surface area (Å²) in [5.74, 6) is -2.29. The fraction of sp³-hybridized carbons (Fsp3) is 0.435. The van der Waals surface area contributed by atoms with Crippen LogP contribution in [-0.4, -0.2) is 48.8 Å². The molecule has 0 aromatic heterocycles. The molecule has 0 bridgehead atoms. The van der Waals surface area contributed by atoms with E-state index >= 15 is 0 Å². The molecule has 1 heterocycles. The van der Waals surface area contributed by atoms with Crippen LogP contribution in [-0.2, 0) is 25.7 Å². The molecule has 1 unspecified atom stereocenters. The maximum Gasteiger partial charge on any atom is 0.412 e. The molecule has 13 heteroatoms. The van der Waals surface area contributed by atoms with E-state index in [1.165, 1.54) is 18.2 Å². The number of anilines is 2. The Hall–Kier alpha value is -2.77. The molecule has 196 valence electrons. The first-order valence-corrected chi connectivity index (χ1v) is 13.9. The Morgan fingerprint density at radius 1 is 1.17 bits per heavy atom. The van der Waals surface area contributed by atoms with E-state index in [1.54, 1.807) is 20.8 Å². The van der Waals surface area contributed by atoms with E-state index in [9.17, 15) is 26.2 Å². The van der Waals surface area contributed by atoms with Crippen LogP contribution in [0.5, 0.6) is 5.75 Å². The first kappa shape index (κ1) is 26.3. The number of rotatable bonds is 7. The quantitative estimate of drug-likeness (QED) is 0.551. The van der Waals surface area contributed by atoms with Gasteiger partial charge in [0.2, 0.25) is 0 Å². The summed E-state index contributed by atoms with van der Waals surface area (Å²) in [5.41, 5.74) is -0.416. The Morgan fingerprint density at radius 2 is 1.89 bits per heavy atom. The minimum Gasteiger partial charge on any atom is -0.485 e. The van der Waals surface area contributed by atoms with Gasteiger partial charge in [-0.25, -0.2) is 30.9 Å². The lowest BCUT2D eigenvalue weighted by molar-refractivity contribution is 0.0636. The van der Waals surface area contributed by atoms with Crippen molar-refractivity contribution in [3.05, 3.63) is 48.0 Å². The number of carbonyl (C=O) groups excluding carboxylic acids is 1. The Labute approximate surface area is 210 Å². The molecule has 1 fully saturated rings. The highest BCUT2D eigenvalue weighted by Gasteiger charge is 2.36. The van der Waals surface area contributed by atoms with Gasteiger partial charge in [0.25, 0.3) is 10.0 Å². The number of nitrogens with zero attached hydrogens (tertiary/aromatic N) is 1. The van der Waals surface area contributed by atoms with Crippen molar-refractivity contribution in [3.63, 3.8) is 0 Å². The largest absolute Gasteiger partial charge is 0.485 e. The second-order valence-electron chi connectivity index (χ2n) is 9.51. The van der Waals surface area contributed by atoms with Gasteiger partial charge in [0.1, 0.15) is 17.5 Å². The number of nitrogens with one attached hydrogen (secondary N) is 2. The van der Waals surface area contributed by atoms with E-state index < -0.39 is 55.3 Å². The molecule has 1 aliphatic heterocycles. The molecule has 2 N–H and O–H groups in total. The van der Waals surface area contributed by atoms with Crippen LogP contribution in [0.1, 0.15) is 33.6 Å². The van der Waals surface area contributed by atoms with Gasteiger partial charge in [-0.15, -0.1) is 0 Å². The normalized spacial score (nSPS) is 18.7. The molecule has 0 saturated heterocycles. The van der Waals surface area contributed by atoms with Crippen LogP contribution in [0, 0.1) is 11.6 Å². The van der Waals surface area contributed by atoms with Gasteiger partial charge in [0.15, 0.2) is 11.6 Å². The number of carbonyl (C=O) groups is 1. The van der Waals surface area contributed by atoms with Gasteiger partial charge < -0.3 is 9.47 Å². The van der Waals surface area contributed by atoms with Crippen LogP contribution in [0.3, 0.4) is 0 Å². The average molecular weight is 544 g/mol. The summed E-state index contributed by atoms with van der Waals surface area (Å²) < 4.78 is 81.7. The van der Waals surface area contributed by atoms with Crippen LogP contribution in [0.2, 0.25) is 0 Å². The van der Waals surface area contributed by atoms with Crippen molar-refractivity contribution >= 4 is 38.5 Å². The van der Waals surface area contributed by atoms with Gasteiger partial charge >= 0.3 is 6.09 Å². The Balaban J connectivity index is 1.65. The standard InChI is InChI=1S/C23H27F2N3O6S2/c1-23(2,3)34-22(29)27-14-4-9-21-20(10-14)28(13-15(33-21)12-26-35(30)16-5-6-16)36(31,32)17-7-8-18(24)19(25)11-17/h4,7-11,15-16,26H,5-6,12-13H2,1-3H3,(H,27,29)/t15-,35?/m0/s1. The molecule has 4 rings (SSSR count). The predicted molar refractivity (Wildman–Crippen MR) is 131 cm³/mol. The maximum absolute atomic E-state index is 13.9. The molecule has 1 saturated carbocycles. The van der Waals surface area contributed by atoms with Crippen LogP contribution in [0.15, 0.2) is 41.3 Å². The number of hydrogen-bond acceptors (Lipinski definition) is 6. The molecule has 0 radical (unpaired) electrons. The number of halogens is 2. The highest BCUT2D eigenvalue weighted by molar-refractivity contribution is 7.92. The zero-order valence-corrected chi connectivity index (χ0v) is 21.5. The number of hydrogen-bond donors (Lipinski definition) is 2. The summed E-state index contributed by atoms with van der Waals surface area (Å²) in [5, 5.41) is 2.62. The van der Waals surface area contributed by atoms with Crippen LogP contribution in [0.25, 0.3) is 0 Å². The first-order valence-electron chi connectivity index (χ1n) is 11.3. The highest BCUT2D eigenvalue weighted by atomic mass is 32.2. The monoisotopic (exact) mass is 543 g/mol. The Kier molecular flexibility index (Phi) is 7.26. The lowest BCUT2D eigenvalue weighted by Gasteiger charge is -2.35. The summed E-state index contributed by atoms with van der Waals surface area (Å²) in [6.45, 7) is 5.01. The number of sulfonamides is 1. The predicted octanol–water partition coefficient (Wildman–Crippen LogP) is 3.68. The summed E-state index contributed by atoms with van der Waals surface area (Å²) in [4.78, 5) is 11.8. The molecule has 2 aromatic carbocycles. The van der Waals surface area contributed by atoms with Crippen LogP contribution in [0.4, 0.5) is 25.0 Å². The fourth-order valence-electron chi connectivity index (χ4n) is 3.48. The molecular formula is C23H27F2N3O6S2. The zero-order chi connectivity index (χ0) is 26.3. The van der Waals surface area contributed by atoms with Gasteiger partial charge in [0.05, 0.1) is 28.1 Å². The van der Waals surface area contributed by atoms with Crippen LogP contribution < -0.4 is 19.1 Å². The van der Waals surface area contributed by atoms with Gasteiger partial charge in [-0.2, -0.15) is 0 Å². The van der Waals surface area contributed by atoms with Crippen molar-refractivity contribution in [2.24, 2.45) is 0 Å². The van der Waals surface area contributed by atoms with E-state index in [1.807, 2.05) is 0 Å². The number of fused-ring (bicyclic) bond motifs is 1. The van der Waals surface area contributed by atoms with Crippen molar-refractivity contribution in [1.29, 1.82) is 0 Å². The summed E-state index contributed by atoms with van der Waals surface area (Å²) in [7, 11) is -5.63. The average Bonchev–Trinajstić information content (AvgIpc) is 3.63. The van der Waals surface area contributed by atoms with Gasteiger partial charge in [-0.3, -0.25) is 9.62 Å². The topological polar surface area (TPSA) is 114 Å². The van der Waals surface area contributed by atoms with E-state index in [0.717, 1.165) is 29.3 Å². The molecular weight excluding hydrogens is 516 g/mol. The molecule has 1 aliphatic carbocycles. The fourth-order valence-corrected chi connectivity index (χ4v) is 6.15. The van der Waals surface area contributed by atoms with E-state index in [4.69, 9.17) is 9.47 Å². The van der Waals surface area contributed by atoms with Gasteiger partial charge in [-0.05, 0) is 70.0 Å². The van der Waals surface area contributed by atoms with Gasteiger partial charge in [0, 0.05) is 17.5 Å². The van der Waals surface area contributed by atoms with Crippen molar-refractivity contribution in [1.82, 2.24) is 4.72 Å². The Bertz CT molecular complexity index is 1300. The number of benzene rings is 2. The van der Waals surface area contributed by atoms with Crippen LogP contribution >= 0.6 is 0 Å². The molecule has 2 atom stereocenters. The van der Waals surface area contributed by atoms with E-state index in [-0.39, 0.29) is 35.5 Å². The molecule has 36 heavy (non-hydrogen) atoms. The lowest BCUT2D eigenvalue weighted by atomic mass is 10.2. The van der Waals surface area contributed by atoms with Crippen molar-refractivity contribution < 1.29 is 35.7 Å². The smallest absolute Gasteiger partial charge is 0.412 e.